The summed E-state index contributed by atoms with van der Waals surface area (Å²) < 4.78 is 21.4. The topological polar surface area (TPSA) is 66.3 Å². The van der Waals surface area contributed by atoms with Crippen LogP contribution in [0.4, 0.5) is 0 Å². The van der Waals surface area contributed by atoms with Crippen molar-refractivity contribution in [2.45, 2.75) is 20.3 Å². The van der Waals surface area contributed by atoms with Crippen LogP contribution in [0.25, 0.3) is 6.08 Å². The number of benzene rings is 1. The van der Waals surface area contributed by atoms with Gasteiger partial charge in [-0.05, 0) is 48.7 Å². The second kappa shape index (κ2) is 7.84. The second-order valence-corrected chi connectivity index (χ2v) is 7.00. The van der Waals surface area contributed by atoms with Crippen molar-refractivity contribution in [3.63, 3.8) is 0 Å². The van der Waals surface area contributed by atoms with Gasteiger partial charge in [0.15, 0.2) is 17.2 Å². The molecule has 1 aliphatic rings. The van der Waals surface area contributed by atoms with Crippen molar-refractivity contribution < 1.29 is 23.7 Å². The van der Waals surface area contributed by atoms with E-state index in [9.17, 15) is 4.79 Å². The molecular weight excluding hydrogens is 366 g/mol. The minimum atomic E-state index is -0.483. The van der Waals surface area contributed by atoms with E-state index < -0.39 is 5.97 Å². The van der Waals surface area contributed by atoms with Gasteiger partial charge in [0.1, 0.15) is 0 Å². The second-order valence-electron chi connectivity index (χ2n) is 5.87. The Morgan fingerprint density at radius 1 is 1.11 bits per heavy atom. The van der Waals surface area contributed by atoms with Gasteiger partial charge in [-0.25, -0.2) is 9.79 Å². The molecule has 0 bridgehead atoms. The number of carbonyl (C=O) groups is 1. The Labute approximate surface area is 162 Å². The van der Waals surface area contributed by atoms with Crippen molar-refractivity contribution in [2.24, 2.45) is 4.99 Å². The first kappa shape index (κ1) is 19.0. The highest BCUT2D eigenvalue weighted by Crippen LogP contribution is 2.39. The fraction of sp³-hybridized carbons (Fsp3) is 0.300. The van der Waals surface area contributed by atoms with Gasteiger partial charge in [-0.2, -0.15) is 0 Å². The lowest BCUT2D eigenvalue weighted by molar-refractivity contribution is -0.129. The predicted octanol–water partition coefficient (Wildman–Crippen LogP) is 3.99. The van der Waals surface area contributed by atoms with E-state index in [2.05, 4.69) is 11.9 Å². The third kappa shape index (κ3) is 3.68. The molecule has 1 aromatic carbocycles. The number of cyclic esters (lactones) is 1. The summed E-state index contributed by atoms with van der Waals surface area (Å²) in [5.41, 5.74) is 2.10. The number of ether oxygens (including phenoxy) is 4. The Hall–Kier alpha value is -2.80. The molecule has 2 aromatic rings. The van der Waals surface area contributed by atoms with Gasteiger partial charge in [-0.1, -0.05) is 6.92 Å². The lowest BCUT2D eigenvalue weighted by atomic mass is 10.1. The molecule has 0 saturated heterocycles. The molecule has 0 aliphatic carbocycles. The highest BCUT2D eigenvalue weighted by molar-refractivity contribution is 7.14. The molecule has 0 fully saturated rings. The van der Waals surface area contributed by atoms with E-state index in [0.717, 1.165) is 11.3 Å². The van der Waals surface area contributed by atoms with Crippen LogP contribution in [0.2, 0.25) is 0 Å². The lowest BCUT2D eigenvalue weighted by Crippen LogP contribution is -2.03. The fourth-order valence-electron chi connectivity index (χ4n) is 2.83. The van der Waals surface area contributed by atoms with Crippen LogP contribution < -0.4 is 14.2 Å². The first-order valence-corrected chi connectivity index (χ1v) is 9.24. The van der Waals surface area contributed by atoms with Gasteiger partial charge >= 0.3 is 5.97 Å². The number of hydrogen-bond donors (Lipinski definition) is 0. The van der Waals surface area contributed by atoms with E-state index in [-0.39, 0.29) is 5.70 Å². The maximum absolute atomic E-state index is 12.3. The van der Waals surface area contributed by atoms with Crippen LogP contribution in [0.15, 0.2) is 28.9 Å². The van der Waals surface area contributed by atoms with Gasteiger partial charge < -0.3 is 18.9 Å². The van der Waals surface area contributed by atoms with Gasteiger partial charge in [0.2, 0.25) is 11.6 Å². The first-order chi connectivity index (χ1) is 13.0. The SMILES string of the molecule is CCc1sc(C2=NC(=Cc3cc(OC)c(OC)c(OC)c3)C(=O)O2)cc1C. The zero-order chi connectivity index (χ0) is 19.6. The van der Waals surface area contributed by atoms with Crippen molar-refractivity contribution in [3.05, 3.63) is 44.8 Å². The molecule has 0 spiro atoms. The summed E-state index contributed by atoms with van der Waals surface area (Å²) in [7, 11) is 4.62. The highest BCUT2D eigenvalue weighted by Gasteiger charge is 2.26. The number of hydrogen-bond acceptors (Lipinski definition) is 7. The summed E-state index contributed by atoms with van der Waals surface area (Å²) in [5.74, 6) is 1.34. The van der Waals surface area contributed by atoms with Crippen LogP contribution in [-0.2, 0) is 16.0 Å². The van der Waals surface area contributed by atoms with Crippen molar-refractivity contribution in [2.75, 3.05) is 21.3 Å². The Morgan fingerprint density at radius 3 is 2.30 bits per heavy atom. The molecular formula is C20H21NO5S. The summed E-state index contributed by atoms with van der Waals surface area (Å²) in [5, 5.41) is 0. The first-order valence-electron chi connectivity index (χ1n) is 8.43. The number of aryl methyl sites for hydroxylation is 2. The van der Waals surface area contributed by atoms with Crippen molar-refractivity contribution in [1.29, 1.82) is 0 Å². The molecule has 0 amide bonds. The zero-order valence-corrected chi connectivity index (χ0v) is 16.7. The number of thiophene rings is 1. The third-order valence-electron chi connectivity index (χ3n) is 4.16. The Kier molecular flexibility index (Phi) is 5.51. The van der Waals surface area contributed by atoms with E-state index in [0.29, 0.717) is 28.7 Å². The molecule has 142 valence electrons. The van der Waals surface area contributed by atoms with Crippen LogP contribution >= 0.6 is 11.3 Å². The monoisotopic (exact) mass is 387 g/mol. The molecule has 1 aromatic heterocycles. The Balaban J connectivity index is 1.99. The quantitative estimate of drug-likeness (QED) is 0.554. The molecule has 0 atom stereocenters. The van der Waals surface area contributed by atoms with Crippen LogP contribution in [-0.4, -0.2) is 33.2 Å². The molecule has 0 unspecified atom stereocenters. The molecule has 0 N–H and O–H groups in total. The molecule has 7 heteroatoms. The number of carbonyl (C=O) groups excluding carboxylic acids is 1. The predicted molar refractivity (Wildman–Crippen MR) is 105 cm³/mol. The molecule has 0 saturated carbocycles. The van der Waals surface area contributed by atoms with Crippen LogP contribution in [0.3, 0.4) is 0 Å². The largest absolute Gasteiger partial charge is 0.493 e. The van der Waals surface area contributed by atoms with E-state index in [4.69, 9.17) is 18.9 Å². The van der Waals surface area contributed by atoms with Gasteiger partial charge in [-0.15, -0.1) is 11.3 Å². The summed E-state index contributed by atoms with van der Waals surface area (Å²) in [6, 6.07) is 5.50. The van der Waals surface area contributed by atoms with E-state index in [1.54, 1.807) is 43.8 Å². The van der Waals surface area contributed by atoms with E-state index in [1.165, 1.54) is 17.6 Å². The average Bonchev–Trinajstić information content (AvgIpc) is 3.23. The average molecular weight is 387 g/mol. The molecule has 27 heavy (non-hydrogen) atoms. The number of methoxy groups -OCH3 is 3. The van der Waals surface area contributed by atoms with Gasteiger partial charge in [-0.3, -0.25) is 0 Å². The summed E-state index contributed by atoms with van der Waals surface area (Å²) >= 11 is 1.59. The number of rotatable bonds is 6. The zero-order valence-electron chi connectivity index (χ0n) is 15.9. The maximum Gasteiger partial charge on any atom is 0.363 e. The molecule has 6 nitrogen and oxygen atoms in total. The smallest absolute Gasteiger partial charge is 0.363 e. The van der Waals surface area contributed by atoms with Crippen molar-refractivity contribution in [1.82, 2.24) is 0 Å². The van der Waals surface area contributed by atoms with Gasteiger partial charge in [0, 0.05) is 4.88 Å². The van der Waals surface area contributed by atoms with Gasteiger partial charge in [0.25, 0.3) is 0 Å². The van der Waals surface area contributed by atoms with Crippen molar-refractivity contribution in [3.8, 4) is 17.2 Å². The number of esters is 1. The summed E-state index contributed by atoms with van der Waals surface area (Å²) in [4.78, 5) is 18.8. The van der Waals surface area contributed by atoms with Gasteiger partial charge in [0.05, 0.1) is 26.2 Å². The summed E-state index contributed by atoms with van der Waals surface area (Å²) in [6.45, 7) is 4.14. The Morgan fingerprint density at radius 2 is 1.78 bits per heavy atom. The highest BCUT2D eigenvalue weighted by atomic mass is 32.1. The molecule has 0 radical (unpaired) electrons. The minimum Gasteiger partial charge on any atom is -0.493 e. The van der Waals surface area contributed by atoms with Crippen LogP contribution in [0.1, 0.15) is 27.8 Å². The summed E-state index contributed by atoms with van der Waals surface area (Å²) in [6.07, 6.45) is 2.58. The third-order valence-corrected chi connectivity index (χ3v) is 5.53. The standard InChI is InChI=1S/C20H21NO5S/c1-6-16-11(2)7-17(27-16)19-21-13(20(22)26-19)8-12-9-14(23-3)18(25-5)15(10-12)24-4/h7-10H,6H2,1-5H3. The maximum atomic E-state index is 12.3. The van der Waals surface area contributed by atoms with E-state index >= 15 is 0 Å². The minimum absolute atomic E-state index is 0.225. The fourth-order valence-corrected chi connectivity index (χ4v) is 3.87. The molecule has 2 heterocycles. The number of aliphatic imine (C=N–C) groups is 1. The number of nitrogens with zero attached hydrogens (tertiary/aromatic N) is 1. The van der Waals surface area contributed by atoms with Crippen LogP contribution in [0, 0.1) is 6.92 Å². The van der Waals surface area contributed by atoms with E-state index in [1.807, 2.05) is 13.0 Å². The normalized spacial score (nSPS) is 14.9. The van der Waals surface area contributed by atoms with Crippen LogP contribution in [0.5, 0.6) is 17.2 Å². The molecule has 3 rings (SSSR count). The molecule has 1 aliphatic heterocycles. The lowest BCUT2D eigenvalue weighted by Gasteiger charge is -2.12. The Bertz CT molecular complexity index is 917. The van der Waals surface area contributed by atoms with Crippen molar-refractivity contribution >= 4 is 29.3 Å².